The average Bonchev–Trinajstić information content (AvgIpc) is 3.17. The maximum absolute atomic E-state index is 4.32. The number of halogens is 1. The number of rotatable bonds is 6. The fourth-order valence-electron chi connectivity index (χ4n) is 3.36. The Bertz CT molecular complexity index is 721. The van der Waals surface area contributed by atoms with Crippen molar-refractivity contribution < 1.29 is 0 Å². The molecule has 1 fully saturated rings. The number of aliphatic imine (C=N–C) groups is 1. The molecule has 0 aliphatic carbocycles. The second-order valence-electron chi connectivity index (χ2n) is 7.01. The van der Waals surface area contributed by atoms with E-state index in [0.717, 1.165) is 25.6 Å². The minimum Gasteiger partial charge on any atom is -0.352 e. The zero-order valence-corrected chi connectivity index (χ0v) is 18.7. The largest absolute Gasteiger partial charge is 0.352 e. The van der Waals surface area contributed by atoms with Crippen molar-refractivity contribution in [3.63, 3.8) is 0 Å². The van der Waals surface area contributed by atoms with Crippen molar-refractivity contribution in [1.29, 1.82) is 0 Å². The number of likely N-dealkylation sites (tertiary alicyclic amines) is 1. The number of nitrogens with zero attached hydrogens (tertiary/aromatic N) is 2. The SMILES string of the molecule is CN=C(NCc1ccc(CN2CCCC2)cc1)NCc1ccccc1C.I. The third-order valence-corrected chi connectivity index (χ3v) is 5.02. The summed E-state index contributed by atoms with van der Waals surface area (Å²) in [5.41, 5.74) is 5.26. The molecule has 3 rings (SSSR count). The number of benzene rings is 2. The van der Waals surface area contributed by atoms with E-state index in [1.165, 1.54) is 48.2 Å². The first-order valence-corrected chi connectivity index (χ1v) is 9.54. The van der Waals surface area contributed by atoms with Gasteiger partial charge in [0.2, 0.25) is 0 Å². The molecule has 0 radical (unpaired) electrons. The predicted octanol–water partition coefficient (Wildman–Crippen LogP) is 4.07. The molecule has 2 aromatic rings. The zero-order valence-electron chi connectivity index (χ0n) is 16.4. The van der Waals surface area contributed by atoms with Gasteiger partial charge in [0, 0.05) is 26.7 Å². The molecule has 2 aromatic carbocycles. The van der Waals surface area contributed by atoms with Crippen molar-refractivity contribution in [2.75, 3.05) is 20.1 Å². The fourth-order valence-corrected chi connectivity index (χ4v) is 3.36. The van der Waals surface area contributed by atoms with Crippen LogP contribution in [-0.2, 0) is 19.6 Å². The minimum atomic E-state index is 0. The molecule has 1 saturated heterocycles. The number of hydrogen-bond acceptors (Lipinski definition) is 2. The van der Waals surface area contributed by atoms with Gasteiger partial charge in [0.1, 0.15) is 0 Å². The Kier molecular flexibility index (Phi) is 9.07. The summed E-state index contributed by atoms with van der Waals surface area (Å²) >= 11 is 0. The number of nitrogens with one attached hydrogen (secondary N) is 2. The Morgan fingerprint density at radius 1 is 0.926 bits per heavy atom. The minimum absolute atomic E-state index is 0. The van der Waals surface area contributed by atoms with E-state index >= 15 is 0 Å². The molecule has 5 heteroatoms. The van der Waals surface area contributed by atoms with Gasteiger partial charge in [-0.1, -0.05) is 48.5 Å². The summed E-state index contributed by atoms with van der Waals surface area (Å²) < 4.78 is 0. The van der Waals surface area contributed by atoms with Crippen LogP contribution in [0.25, 0.3) is 0 Å². The van der Waals surface area contributed by atoms with E-state index in [1.807, 2.05) is 7.05 Å². The smallest absolute Gasteiger partial charge is 0.191 e. The normalized spacial score (nSPS) is 14.7. The monoisotopic (exact) mass is 478 g/mol. The van der Waals surface area contributed by atoms with Gasteiger partial charge < -0.3 is 10.6 Å². The van der Waals surface area contributed by atoms with Crippen LogP contribution in [0.3, 0.4) is 0 Å². The lowest BCUT2D eigenvalue weighted by atomic mass is 10.1. The molecule has 0 bridgehead atoms. The van der Waals surface area contributed by atoms with Gasteiger partial charge >= 0.3 is 0 Å². The van der Waals surface area contributed by atoms with Gasteiger partial charge in [0.25, 0.3) is 0 Å². The maximum atomic E-state index is 4.32. The van der Waals surface area contributed by atoms with Crippen LogP contribution >= 0.6 is 24.0 Å². The molecule has 0 unspecified atom stereocenters. The van der Waals surface area contributed by atoms with Crippen molar-refractivity contribution in [3.8, 4) is 0 Å². The van der Waals surface area contributed by atoms with E-state index in [-0.39, 0.29) is 24.0 Å². The van der Waals surface area contributed by atoms with Crippen LogP contribution in [-0.4, -0.2) is 31.0 Å². The summed E-state index contributed by atoms with van der Waals surface area (Å²) in [6, 6.07) is 17.4. The summed E-state index contributed by atoms with van der Waals surface area (Å²) in [7, 11) is 1.81. The van der Waals surface area contributed by atoms with Gasteiger partial charge in [-0.05, 0) is 55.1 Å². The number of aryl methyl sites for hydroxylation is 1. The van der Waals surface area contributed by atoms with Gasteiger partial charge in [0.15, 0.2) is 5.96 Å². The highest BCUT2D eigenvalue weighted by Gasteiger charge is 2.11. The van der Waals surface area contributed by atoms with E-state index in [2.05, 4.69) is 76.0 Å². The van der Waals surface area contributed by atoms with Crippen LogP contribution in [0, 0.1) is 6.92 Å². The highest BCUT2D eigenvalue weighted by molar-refractivity contribution is 14.0. The molecule has 27 heavy (non-hydrogen) atoms. The van der Waals surface area contributed by atoms with Crippen molar-refractivity contribution in [2.24, 2.45) is 4.99 Å². The molecular weight excluding hydrogens is 447 g/mol. The lowest BCUT2D eigenvalue weighted by molar-refractivity contribution is 0.331. The van der Waals surface area contributed by atoms with Gasteiger partial charge in [-0.15, -0.1) is 24.0 Å². The molecule has 146 valence electrons. The van der Waals surface area contributed by atoms with Crippen LogP contribution in [0.4, 0.5) is 0 Å². The fraction of sp³-hybridized carbons (Fsp3) is 0.409. The standard InChI is InChI=1S/C22H30N4.HI/c1-18-7-3-4-8-21(18)16-25-22(23-2)24-15-19-9-11-20(12-10-19)17-26-13-5-6-14-26;/h3-4,7-12H,5-6,13-17H2,1-2H3,(H2,23,24,25);1H. The summed E-state index contributed by atoms with van der Waals surface area (Å²) in [4.78, 5) is 6.85. The van der Waals surface area contributed by atoms with E-state index in [4.69, 9.17) is 0 Å². The van der Waals surface area contributed by atoms with Crippen LogP contribution in [0.2, 0.25) is 0 Å². The topological polar surface area (TPSA) is 39.7 Å². The molecule has 4 nitrogen and oxygen atoms in total. The first kappa shape index (κ1) is 21.7. The van der Waals surface area contributed by atoms with Gasteiger partial charge in [0.05, 0.1) is 0 Å². The lowest BCUT2D eigenvalue weighted by Gasteiger charge is -2.15. The molecule has 1 aliphatic rings. The van der Waals surface area contributed by atoms with Crippen LogP contribution in [0.5, 0.6) is 0 Å². The lowest BCUT2D eigenvalue weighted by Crippen LogP contribution is -2.36. The van der Waals surface area contributed by atoms with Crippen LogP contribution in [0.15, 0.2) is 53.5 Å². The summed E-state index contributed by atoms with van der Waals surface area (Å²) in [6.07, 6.45) is 2.69. The van der Waals surface area contributed by atoms with E-state index in [9.17, 15) is 0 Å². The molecule has 0 saturated carbocycles. The van der Waals surface area contributed by atoms with Crippen molar-refractivity contribution in [1.82, 2.24) is 15.5 Å². The first-order valence-electron chi connectivity index (χ1n) is 9.54. The average molecular weight is 478 g/mol. The molecule has 1 aliphatic heterocycles. The Hall–Kier alpha value is -1.60. The molecule has 2 N–H and O–H groups in total. The Morgan fingerprint density at radius 3 is 2.22 bits per heavy atom. The van der Waals surface area contributed by atoms with E-state index in [0.29, 0.717) is 0 Å². The van der Waals surface area contributed by atoms with Gasteiger partial charge in [-0.3, -0.25) is 9.89 Å². The van der Waals surface area contributed by atoms with E-state index < -0.39 is 0 Å². The summed E-state index contributed by atoms with van der Waals surface area (Å²) in [5, 5.41) is 6.79. The number of guanidine groups is 1. The summed E-state index contributed by atoms with van der Waals surface area (Å²) in [5.74, 6) is 0.828. The third kappa shape index (κ3) is 6.81. The Morgan fingerprint density at radius 2 is 1.56 bits per heavy atom. The molecule has 0 atom stereocenters. The zero-order chi connectivity index (χ0) is 18.2. The van der Waals surface area contributed by atoms with Crippen molar-refractivity contribution in [2.45, 2.75) is 39.4 Å². The summed E-state index contributed by atoms with van der Waals surface area (Å²) in [6.45, 7) is 7.25. The Labute approximate surface area is 180 Å². The van der Waals surface area contributed by atoms with Crippen molar-refractivity contribution >= 4 is 29.9 Å². The highest BCUT2D eigenvalue weighted by atomic mass is 127. The second kappa shape index (κ2) is 11.3. The van der Waals surface area contributed by atoms with Crippen LogP contribution < -0.4 is 10.6 Å². The molecule has 0 spiro atoms. The van der Waals surface area contributed by atoms with Crippen LogP contribution in [0.1, 0.15) is 35.1 Å². The van der Waals surface area contributed by atoms with Crippen molar-refractivity contribution in [3.05, 3.63) is 70.8 Å². The molecule has 1 heterocycles. The second-order valence-corrected chi connectivity index (χ2v) is 7.01. The van der Waals surface area contributed by atoms with Gasteiger partial charge in [-0.25, -0.2) is 0 Å². The van der Waals surface area contributed by atoms with Gasteiger partial charge in [-0.2, -0.15) is 0 Å². The first-order chi connectivity index (χ1) is 12.7. The predicted molar refractivity (Wildman–Crippen MR) is 125 cm³/mol. The number of hydrogen-bond donors (Lipinski definition) is 2. The molecular formula is C22H31IN4. The van der Waals surface area contributed by atoms with E-state index in [1.54, 1.807) is 0 Å². The maximum Gasteiger partial charge on any atom is 0.191 e. The molecule has 0 amide bonds. The third-order valence-electron chi connectivity index (χ3n) is 5.02. The Balaban J connectivity index is 0.00000261. The quantitative estimate of drug-likeness (QED) is 0.374. The highest BCUT2D eigenvalue weighted by Crippen LogP contribution is 2.13. The molecule has 0 aromatic heterocycles.